The van der Waals surface area contributed by atoms with Crippen molar-refractivity contribution in [2.24, 2.45) is 5.92 Å². The topological polar surface area (TPSA) is 104 Å². The Hall–Kier alpha value is -2.37. The summed E-state index contributed by atoms with van der Waals surface area (Å²) in [5.74, 6) is -6.56. The highest BCUT2D eigenvalue weighted by Gasteiger charge is 2.33. The van der Waals surface area contributed by atoms with Gasteiger partial charge in [-0.05, 0) is 12.1 Å². The number of para-hydroxylation sites is 1. The Balaban J connectivity index is 2.78. The van der Waals surface area contributed by atoms with Gasteiger partial charge in [0.05, 0.1) is 0 Å². The fourth-order valence-corrected chi connectivity index (χ4v) is 1.07. The zero-order valence-corrected chi connectivity index (χ0v) is 8.08. The molecule has 0 heterocycles. The second kappa shape index (κ2) is 4.92. The zero-order chi connectivity index (χ0) is 12.1. The molecule has 0 bridgehead atoms. The highest BCUT2D eigenvalue weighted by molar-refractivity contribution is 6.17. The van der Waals surface area contributed by atoms with Crippen LogP contribution < -0.4 is 5.32 Å². The van der Waals surface area contributed by atoms with E-state index < -0.39 is 23.8 Å². The van der Waals surface area contributed by atoms with E-state index in [2.05, 4.69) is 5.32 Å². The van der Waals surface area contributed by atoms with Crippen LogP contribution in [0.5, 0.6) is 0 Å². The van der Waals surface area contributed by atoms with E-state index >= 15 is 0 Å². The van der Waals surface area contributed by atoms with Gasteiger partial charge in [0.15, 0.2) is 0 Å². The van der Waals surface area contributed by atoms with Crippen molar-refractivity contribution in [2.45, 2.75) is 0 Å². The van der Waals surface area contributed by atoms with Crippen LogP contribution in [0.15, 0.2) is 30.3 Å². The summed E-state index contributed by atoms with van der Waals surface area (Å²) in [6, 6.07) is 8.02. The number of amides is 1. The number of anilines is 1. The molecule has 3 N–H and O–H groups in total. The minimum Gasteiger partial charge on any atom is -0.480 e. The number of carbonyl (C=O) groups excluding carboxylic acids is 1. The summed E-state index contributed by atoms with van der Waals surface area (Å²) in [7, 11) is 0. The Morgan fingerprint density at radius 1 is 1.00 bits per heavy atom. The van der Waals surface area contributed by atoms with Crippen molar-refractivity contribution in [3.8, 4) is 0 Å². The number of hydrogen-bond acceptors (Lipinski definition) is 3. The van der Waals surface area contributed by atoms with Gasteiger partial charge in [-0.25, -0.2) is 0 Å². The Kier molecular flexibility index (Phi) is 3.60. The van der Waals surface area contributed by atoms with Crippen molar-refractivity contribution in [1.82, 2.24) is 0 Å². The number of carboxylic acid groups (broad SMARTS) is 2. The lowest BCUT2D eigenvalue weighted by Crippen LogP contribution is -2.35. The average Bonchev–Trinajstić information content (AvgIpc) is 2.17. The first kappa shape index (κ1) is 11.7. The second-order valence-corrected chi connectivity index (χ2v) is 2.96. The highest BCUT2D eigenvalue weighted by atomic mass is 16.4. The van der Waals surface area contributed by atoms with E-state index in [1.807, 2.05) is 0 Å². The monoisotopic (exact) mass is 223 g/mol. The molecule has 1 aromatic rings. The van der Waals surface area contributed by atoms with Crippen LogP contribution in [0.3, 0.4) is 0 Å². The Morgan fingerprint density at radius 2 is 1.50 bits per heavy atom. The lowest BCUT2D eigenvalue weighted by Gasteiger charge is -2.08. The third-order valence-electron chi connectivity index (χ3n) is 1.80. The average molecular weight is 223 g/mol. The van der Waals surface area contributed by atoms with Crippen molar-refractivity contribution in [2.75, 3.05) is 5.32 Å². The van der Waals surface area contributed by atoms with E-state index in [-0.39, 0.29) is 0 Å². The van der Waals surface area contributed by atoms with Gasteiger partial charge in [-0.2, -0.15) is 0 Å². The minimum atomic E-state index is -2.10. The van der Waals surface area contributed by atoms with Crippen LogP contribution in [-0.4, -0.2) is 28.1 Å². The van der Waals surface area contributed by atoms with Gasteiger partial charge in [-0.1, -0.05) is 18.2 Å². The van der Waals surface area contributed by atoms with Crippen molar-refractivity contribution in [3.63, 3.8) is 0 Å². The van der Waals surface area contributed by atoms with Crippen molar-refractivity contribution < 1.29 is 24.6 Å². The maximum atomic E-state index is 11.3. The molecule has 0 fully saturated rings. The number of carbonyl (C=O) groups is 3. The SMILES string of the molecule is O=C(O)C(C(=O)O)C(=O)Nc1ccccc1. The first-order valence-corrected chi connectivity index (χ1v) is 4.34. The van der Waals surface area contributed by atoms with Crippen molar-refractivity contribution in [1.29, 1.82) is 0 Å². The largest absolute Gasteiger partial charge is 0.480 e. The van der Waals surface area contributed by atoms with Gasteiger partial charge < -0.3 is 15.5 Å². The number of benzene rings is 1. The molecule has 0 radical (unpaired) electrons. The van der Waals surface area contributed by atoms with Crippen LogP contribution in [-0.2, 0) is 14.4 Å². The molecule has 16 heavy (non-hydrogen) atoms. The van der Waals surface area contributed by atoms with Crippen LogP contribution in [0.1, 0.15) is 0 Å². The lowest BCUT2D eigenvalue weighted by atomic mass is 10.1. The summed E-state index contributed by atoms with van der Waals surface area (Å²) in [6.45, 7) is 0. The number of rotatable bonds is 4. The molecule has 1 amide bonds. The minimum absolute atomic E-state index is 0.347. The molecule has 0 aliphatic heterocycles. The maximum Gasteiger partial charge on any atom is 0.327 e. The molecule has 6 heteroatoms. The van der Waals surface area contributed by atoms with Gasteiger partial charge in [0.1, 0.15) is 0 Å². The highest BCUT2D eigenvalue weighted by Crippen LogP contribution is 2.08. The molecule has 1 aromatic carbocycles. The van der Waals surface area contributed by atoms with Crippen LogP contribution in [0, 0.1) is 5.92 Å². The summed E-state index contributed by atoms with van der Waals surface area (Å²) in [5, 5.41) is 19.3. The number of carboxylic acids is 2. The summed E-state index contributed by atoms with van der Waals surface area (Å²) in [4.78, 5) is 32.4. The van der Waals surface area contributed by atoms with Gasteiger partial charge in [0, 0.05) is 5.69 Å². The van der Waals surface area contributed by atoms with E-state index in [0.29, 0.717) is 5.69 Å². The first-order chi connectivity index (χ1) is 7.52. The second-order valence-electron chi connectivity index (χ2n) is 2.96. The summed E-state index contributed by atoms with van der Waals surface area (Å²) >= 11 is 0. The maximum absolute atomic E-state index is 11.3. The smallest absolute Gasteiger partial charge is 0.327 e. The van der Waals surface area contributed by atoms with Crippen LogP contribution in [0.4, 0.5) is 5.69 Å². The molecule has 0 spiro atoms. The van der Waals surface area contributed by atoms with Crippen LogP contribution in [0.25, 0.3) is 0 Å². The van der Waals surface area contributed by atoms with Gasteiger partial charge in [-0.15, -0.1) is 0 Å². The normalized spacial score (nSPS) is 9.81. The first-order valence-electron chi connectivity index (χ1n) is 4.34. The molecule has 0 aliphatic rings. The molecule has 1 rings (SSSR count). The summed E-state index contributed by atoms with van der Waals surface area (Å²) in [6.07, 6.45) is 0. The standard InChI is InChI=1S/C10H9NO5/c12-8(7(9(13)14)10(15)16)11-6-4-2-1-3-5-6/h1-5,7H,(H,11,12)(H,13,14)(H,15,16). The molecule has 84 valence electrons. The lowest BCUT2D eigenvalue weighted by molar-refractivity contribution is -0.157. The Bertz CT molecular complexity index is 400. The van der Waals surface area contributed by atoms with E-state index in [9.17, 15) is 14.4 Å². The van der Waals surface area contributed by atoms with E-state index in [1.165, 1.54) is 12.1 Å². The zero-order valence-electron chi connectivity index (χ0n) is 8.08. The number of nitrogens with one attached hydrogen (secondary N) is 1. The molecule has 0 saturated heterocycles. The van der Waals surface area contributed by atoms with Crippen LogP contribution in [0.2, 0.25) is 0 Å². The molecule has 0 saturated carbocycles. The summed E-state index contributed by atoms with van der Waals surface area (Å²) in [5.41, 5.74) is 0.347. The van der Waals surface area contributed by atoms with Gasteiger partial charge in [0.2, 0.25) is 11.8 Å². The van der Waals surface area contributed by atoms with E-state index in [4.69, 9.17) is 10.2 Å². The predicted molar refractivity (Wildman–Crippen MR) is 53.8 cm³/mol. The quantitative estimate of drug-likeness (QED) is 0.641. The Labute approximate surface area is 90.5 Å². The molecule has 0 aliphatic carbocycles. The molecule has 0 atom stereocenters. The molecular weight excluding hydrogens is 214 g/mol. The van der Waals surface area contributed by atoms with E-state index in [0.717, 1.165) is 0 Å². The third kappa shape index (κ3) is 2.81. The summed E-state index contributed by atoms with van der Waals surface area (Å²) < 4.78 is 0. The van der Waals surface area contributed by atoms with Gasteiger partial charge >= 0.3 is 11.9 Å². The van der Waals surface area contributed by atoms with Gasteiger partial charge in [0.25, 0.3) is 0 Å². The molecule has 0 unspecified atom stereocenters. The molecule has 0 aromatic heterocycles. The number of aliphatic carboxylic acids is 2. The fourth-order valence-electron chi connectivity index (χ4n) is 1.07. The third-order valence-corrected chi connectivity index (χ3v) is 1.80. The van der Waals surface area contributed by atoms with Crippen molar-refractivity contribution in [3.05, 3.63) is 30.3 Å². The predicted octanol–water partition coefficient (Wildman–Crippen LogP) is 0.410. The fraction of sp³-hybridized carbons (Fsp3) is 0.100. The Morgan fingerprint density at radius 3 is 1.94 bits per heavy atom. The molecule has 6 nitrogen and oxygen atoms in total. The number of hydrogen-bond donors (Lipinski definition) is 3. The van der Waals surface area contributed by atoms with E-state index in [1.54, 1.807) is 18.2 Å². The van der Waals surface area contributed by atoms with Crippen LogP contribution >= 0.6 is 0 Å². The molecular formula is C10H9NO5. The van der Waals surface area contributed by atoms with Gasteiger partial charge in [-0.3, -0.25) is 14.4 Å². The van der Waals surface area contributed by atoms with Crippen molar-refractivity contribution >= 4 is 23.5 Å².